The largest absolute Gasteiger partial charge is 0.375 e. The van der Waals surface area contributed by atoms with Gasteiger partial charge in [0.05, 0.1) is 24.4 Å². The van der Waals surface area contributed by atoms with Crippen LogP contribution in [0.4, 0.5) is 15.0 Å². The number of urea groups is 1. The molecule has 1 aromatic heterocycles. The van der Waals surface area contributed by atoms with Gasteiger partial charge in [0.2, 0.25) is 0 Å². The van der Waals surface area contributed by atoms with Gasteiger partial charge in [-0.25, -0.2) is 13.9 Å². The first-order valence-corrected chi connectivity index (χ1v) is 7.97. The predicted octanol–water partition coefficient (Wildman–Crippen LogP) is 2.96. The molecule has 1 aliphatic heterocycles. The van der Waals surface area contributed by atoms with E-state index in [0.29, 0.717) is 19.0 Å². The molecule has 0 unspecified atom stereocenters. The highest BCUT2D eigenvalue weighted by molar-refractivity contribution is 5.88. The SMILES string of the molecule is Cc1cc(NC(=O)N2CCO[C@H](C)[C@H]2C)nn1-c1ccc(F)cc1. The number of ether oxygens (including phenoxy) is 1. The molecule has 1 fully saturated rings. The van der Waals surface area contributed by atoms with Crippen molar-refractivity contribution in [2.24, 2.45) is 0 Å². The molecule has 7 heteroatoms. The summed E-state index contributed by atoms with van der Waals surface area (Å²) in [5.74, 6) is 0.167. The van der Waals surface area contributed by atoms with Gasteiger partial charge < -0.3 is 9.64 Å². The third-order valence-electron chi connectivity index (χ3n) is 4.34. The van der Waals surface area contributed by atoms with Gasteiger partial charge >= 0.3 is 6.03 Å². The molecule has 1 aromatic carbocycles. The lowest BCUT2D eigenvalue weighted by molar-refractivity contribution is -0.0355. The zero-order chi connectivity index (χ0) is 17.3. The molecule has 2 heterocycles. The van der Waals surface area contributed by atoms with Gasteiger partial charge in [-0.3, -0.25) is 5.32 Å². The monoisotopic (exact) mass is 332 g/mol. The van der Waals surface area contributed by atoms with Gasteiger partial charge in [-0.15, -0.1) is 5.10 Å². The van der Waals surface area contributed by atoms with E-state index >= 15 is 0 Å². The third-order valence-corrected chi connectivity index (χ3v) is 4.34. The van der Waals surface area contributed by atoms with Crippen molar-refractivity contribution in [3.05, 3.63) is 41.8 Å². The second-order valence-corrected chi connectivity index (χ2v) is 6.00. The number of halogens is 1. The van der Waals surface area contributed by atoms with Crippen LogP contribution in [0, 0.1) is 12.7 Å². The molecular formula is C17H21FN4O2. The zero-order valence-corrected chi connectivity index (χ0v) is 14.0. The van der Waals surface area contributed by atoms with Crippen LogP contribution in [0.5, 0.6) is 0 Å². The number of carbonyl (C=O) groups is 1. The minimum absolute atomic E-state index is 0.000897. The van der Waals surface area contributed by atoms with E-state index in [9.17, 15) is 9.18 Å². The van der Waals surface area contributed by atoms with Crippen molar-refractivity contribution in [1.29, 1.82) is 0 Å². The molecule has 24 heavy (non-hydrogen) atoms. The number of aromatic nitrogens is 2. The number of benzene rings is 1. The molecule has 0 radical (unpaired) electrons. The highest BCUT2D eigenvalue weighted by atomic mass is 19.1. The van der Waals surface area contributed by atoms with Crippen LogP contribution in [0.3, 0.4) is 0 Å². The van der Waals surface area contributed by atoms with Crippen LogP contribution in [0.15, 0.2) is 30.3 Å². The van der Waals surface area contributed by atoms with Crippen molar-refractivity contribution >= 4 is 11.8 Å². The highest BCUT2D eigenvalue weighted by Crippen LogP contribution is 2.18. The van der Waals surface area contributed by atoms with Crippen molar-refractivity contribution in [3.8, 4) is 5.69 Å². The van der Waals surface area contributed by atoms with Crippen LogP contribution in [0.25, 0.3) is 5.69 Å². The molecule has 2 atom stereocenters. The third kappa shape index (κ3) is 3.26. The number of amides is 2. The smallest absolute Gasteiger partial charge is 0.323 e. The van der Waals surface area contributed by atoms with Crippen molar-refractivity contribution in [2.75, 3.05) is 18.5 Å². The Labute approximate surface area is 140 Å². The Morgan fingerprint density at radius 1 is 1.33 bits per heavy atom. The predicted molar refractivity (Wildman–Crippen MR) is 88.9 cm³/mol. The van der Waals surface area contributed by atoms with E-state index in [-0.39, 0.29) is 24.0 Å². The minimum Gasteiger partial charge on any atom is -0.375 e. The van der Waals surface area contributed by atoms with E-state index in [1.54, 1.807) is 27.8 Å². The van der Waals surface area contributed by atoms with Crippen LogP contribution < -0.4 is 5.32 Å². The molecule has 1 N–H and O–H groups in total. The van der Waals surface area contributed by atoms with E-state index in [0.717, 1.165) is 11.4 Å². The molecule has 0 saturated carbocycles. The second-order valence-electron chi connectivity index (χ2n) is 6.00. The van der Waals surface area contributed by atoms with Crippen molar-refractivity contribution in [2.45, 2.75) is 32.9 Å². The summed E-state index contributed by atoms with van der Waals surface area (Å²) in [4.78, 5) is 14.2. The van der Waals surface area contributed by atoms with Crippen molar-refractivity contribution in [3.63, 3.8) is 0 Å². The summed E-state index contributed by atoms with van der Waals surface area (Å²) in [7, 11) is 0. The lowest BCUT2D eigenvalue weighted by Gasteiger charge is -2.37. The molecule has 6 nitrogen and oxygen atoms in total. The van der Waals surface area contributed by atoms with E-state index in [4.69, 9.17) is 4.74 Å². The molecule has 128 valence electrons. The lowest BCUT2D eigenvalue weighted by atomic mass is 10.1. The fourth-order valence-electron chi connectivity index (χ4n) is 2.78. The average molecular weight is 332 g/mol. The summed E-state index contributed by atoms with van der Waals surface area (Å²) in [5.41, 5.74) is 1.59. The number of nitrogens with zero attached hydrogens (tertiary/aromatic N) is 3. The zero-order valence-electron chi connectivity index (χ0n) is 14.0. The van der Waals surface area contributed by atoms with E-state index in [1.165, 1.54) is 12.1 Å². The summed E-state index contributed by atoms with van der Waals surface area (Å²) in [6, 6.07) is 7.65. The molecule has 1 aliphatic rings. The maximum Gasteiger partial charge on any atom is 0.323 e. The molecular weight excluding hydrogens is 311 g/mol. The standard InChI is InChI=1S/C17H21FN4O2/c1-11-10-16(20-22(11)15-6-4-14(18)5-7-15)19-17(23)21-8-9-24-13(3)12(21)2/h4-7,10,12-13H,8-9H2,1-3H3,(H,19,20,23)/t12-,13-/m1/s1. The number of hydrogen-bond donors (Lipinski definition) is 1. The number of morpholine rings is 1. The van der Waals surface area contributed by atoms with Crippen molar-refractivity contribution < 1.29 is 13.9 Å². The topological polar surface area (TPSA) is 59.4 Å². The van der Waals surface area contributed by atoms with Gasteiger partial charge in [-0.1, -0.05) is 0 Å². The van der Waals surface area contributed by atoms with E-state index < -0.39 is 0 Å². The van der Waals surface area contributed by atoms with Gasteiger partial charge in [-0.05, 0) is 45.0 Å². The van der Waals surface area contributed by atoms with Crippen LogP contribution in [0.1, 0.15) is 19.5 Å². The van der Waals surface area contributed by atoms with Gasteiger partial charge in [0, 0.05) is 18.3 Å². The van der Waals surface area contributed by atoms with Gasteiger partial charge in [0.1, 0.15) is 5.82 Å². The maximum atomic E-state index is 13.1. The summed E-state index contributed by atoms with van der Waals surface area (Å²) in [5, 5.41) is 7.22. The molecule has 0 aliphatic carbocycles. The minimum atomic E-state index is -0.299. The van der Waals surface area contributed by atoms with Crippen LogP contribution in [0.2, 0.25) is 0 Å². The quantitative estimate of drug-likeness (QED) is 0.920. The molecule has 2 aromatic rings. The summed E-state index contributed by atoms with van der Waals surface area (Å²) in [6.07, 6.45) is 0.00279. The Hall–Kier alpha value is -2.41. The van der Waals surface area contributed by atoms with Crippen molar-refractivity contribution in [1.82, 2.24) is 14.7 Å². The van der Waals surface area contributed by atoms with E-state index in [1.807, 2.05) is 20.8 Å². The first-order chi connectivity index (χ1) is 11.5. The Morgan fingerprint density at radius 3 is 2.75 bits per heavy atom. The molecule has 0 spiro atoms. The first kappa shape index (κ1) is 16.4. The Bertz CT molecular complexity index is 729. The highest BCUT2D eigenvalue weighted by Gasteiger charge is 2.29. The van der Waals surface area contributed by atoms with E-state index in [2.05, 4.69) is 10.4 Å². The first-order valence-electron chi connectivity index (χ1n) is 7.97. The summed E-state index contributed by atoms with van der Waals surface area (Å²) < 4.78 is 20.3. The summed E-state index contributed by atoms with van der Waals surface area (Å²) >= 11 is 0. The summed E-state index contributed by atoms with van der Waals surface area (Å²) in [6.45, 7) is 6.88. The van der Waals surface area contributed by atoms with Gasteiger partial charge in [-0.2, -0.15) is 0 Å². The number of anilines is 1. The van der Waals surface area contributed by atoms with Crippen LogP contribution in [-0.4, -0.2) is 46.0 Å². The number of aryl methyl sites for hydroxylation is 1. The number of hydrogen-bond acceptors (Lipinski definition) is 3. The lowest BCUT2D eigenvalue weighted by Crippen LogP contribution is -2.52. The number of nitrogens with one attached hydrogen (secondary N) is 1. The van der Waals surface area contributed by atoms with Gasteiger partial charge in [0.15, 0.2) is 5.82 Å². The Morgan fingerprint density at radius 2 is 2.04 bits per heavy atom. The normalized spacial score (nSPS) is 20.9. The molecule has 2 amide bonds. The van der Waals surface area contributed by atoms with Crippen LogP contribution >= 0.6 is 0 Å². The van der Waals surface area contributed by atoms with Gasteiger partial charge in [0.25, 0.3) is 0 Å². The molecule has 0 bridgehead atoms. The second kappa shape index (κ2) is 6.60. The molecule has 1 saturated heterocycles. The maximum absolute atomic E-state index is 13.1. The fraction of sp³-hybridized carbons (Fsp3) is 0.412. The number of carbonyl (C=O) groups excluding carboxylic acids is 1. The fourth-order valence-corrected chi connectivity index (χ4v) is 2.78. The Kier molecular flexibility index (Phi) is 4.53. The molecule has 3 rings (SSSR count). The number of rotatable bonds is 2. The van der Waals surface area contributed by atoms with Crippen LogP contribution in [-0.2, 0) is 4.74 Å². The average Bonchev–Trinajstić information content (AvgIpc) is 2.91. The Balaban J connectivity index is 1.75.